The normalized spacial score (nSPS) is 13.1. The Kier molecular flexibility index (Phi) is 32.2. The lowest BCUT2D eigenvalue weighted by atomic mass is 10.0. The molecule has 0 spiro atoms. The maximum Gasteiger partial charge on any atom is 0.472 e. The lowest BCUT2D eigenvalue weighted by molar-refractivity contribution is -0.161. The van der Waals surface area contributed by atoms with E-state index in [9.17, 15) is 19.0 Å². The predicted octanol–water partition coefficient (Wildman–Crippen LogP) is 13.4. The van der Waals surface area contributed by atoms with E-state index < -0.39 is 26.5 Å². The number of unbranched alkanes of at least 4 members (excludes halogenated alkanes) is 20. The number of nitrogens with one attached hydrogen (secondary N) is 1. The summed E-state index contributed by atoms with van der Waals surface area (Å²) in [6.45, 7) is 8.44. The highest BCUT2D eigenvalue weighted by atomic mass is 31.2. The third-order valence-corrected chi connectivity index (χ3v) is 12.5. The van der Waals surface area contributed by atoms with Crippen LogP contribution in [0, 0.1) is 13.8 Å². The Hall–Kier alpha value is -2.43. The summed E-state index contributed by atoms with van der Waals surface area (Å²) in [6, 6.07) is 4.44. The Labute approximate surface area is 376 Å². The van der Waals surface area contributed by atoms with Crippen LogP contribution in [0.1, 0.15) is 215 Å². The molecular weight excluding hydrogens is 806 g/mol. The van der Waals surface area contributed by atoms with Crippen LogP contribution in [0.25, 0.3) is 0 Å². The van der Waals surface area contributed by atoms with E-state index in [2.05, 4.69) is 45.1 Å². The van der Waals surface area contributed by atoms with E-state index in [0.717, 1.165) is 94.3 Å². The maximum absolute atomic E-state index is 12.7. The van der Waals surface area contributed by atoms with Crippen LogP contribution in [0.2, 0.25) is 0 Å². The van der Waals surface area contributed by atoms with Gasteiger partial charge in [-0.25, -0.2) is 4.57 Å². The van der Waals surface area contributed by atoms with Crippen LogP contribution in [0.5, 0.6) is 0 Å². The fourth-order valence-corrected chi connectivity index (χ4v) is 8.45. The van der Waals surface area contributed by atoms with Crippen molar-refractivity contribution in [2.45, 2.75) is 226 Å². The Morgan fingerprint density at radius 2 is 1.02 bits per heavy atom. The second-order valence-electron chi connectivity index (χ2n) is 17.4. The highest BCUT2D eigenvalue weighted by Gasteiger charge is 2.26. The van der Waals surface area contributed by atoms with Crippen molar-refractivity contribution in [3.63, 3.8) is 0 Å². The van der Waals surface area contributed by atoms with Gasteiger partial charge in [-0.1, -0.05) is 129 Å². The lowest BCUT2D eigenvalue weighted by Gasteiger charge is -2.20. The van der Waals surface area contributed by atoms with Crippen molar-refractivity contribution in [2.24, 2.45) is 0 Å². The molecule has 0 aliphatic carbocycles. The van der Waals surface area contributed by atoms with Crippen molar-refractivity contribution in [1.29, 1.82) is 0 Å². The molecule has 0 aliphatic heterocycles. The molecule has 2 aromatic heterocycles. The molecule has 2 rings (SSSR count). The van der Waals surface area contributed by atoms with Crippen LogP contribution >= 0.6 is 7.82 Å². The van der Waals surface area contributed by atoms with Gasteiger partial charge in [0, 0.05) is 45.1 Å². The van der Waals surface area contributed by atoms with Crippen LogP contribution < -0.4 is 5.32 Å². The SMILES string of the molecule is CCCCCc1cc(C)c(CCCCCCCCCCCCC(=O)O[C@H](COC(=O)CCCCCCCCCCc2oc(CCCCC)cc2C)COP(=O)(O)OCCNC)o1. The molecule has 0 radical (unpaired) electrons. The minimum absolute atomic E-state index is 0.0263. The molecule has 0 aliphatic rings. The molecule has 358 valence electrons. The van der Waals surface area contributed by atoms with Crippen molar-refractivity contribution >= 4 is 19.8 Å². The van der Waals surface area contributed by atoms with Crippen molar-refractivity contribution < 1.29 is 46.4 Å². The average Bonchev–Trinajstić information content (AvgIpc) is 3.79. The van der Waals surface area contributed by atoms with Gasteiger partial charge in [0.25, 0.3) is 0 Å². The molecule has 0 fully saturated rings. The van der Waals surface area contributed by atoms with Crippen molar-refractivity contribution in [3.05, 3.63) is 46.3 Å². The summed E-state index contributed by atoms with van der Waals surface area (Å²) < 4.78 is 45.6. The number of esters is 2. The largest absolute Gasteiger partial charge is 0.472 e. The fraction of sp³-hybridized carbons (Fsp3) is 0.800. The van der Waals surface area contributed by atoms with Crippen LogP contribution in [-0.2, 0) is 58.4 Å². The number of hydrogen-bond donors (Lipinski definition) is 2. The molecule has 2 N–H and O–H groups in total. The summed E-state index contributed by atoms with van der Waals surface area (Å²) in [6.07, 6.45) is 30.6. The molecule has 2 aromatic rings. The van der Waals surface area contributed by atoms with Crippen LogP contribution in [0.4, 0.5) is 0 Å². The zero-order valence-corrected chi connectivity index (χ0v) is 40.7. The monoisotopic (exact) mass is 894 g/mol. The first-order valence-corrected chi connectivity index (χ1v) is 26.3. The van der Waals surface area contributed by atoms with E-state index in [0.29, 0.717) is 13.0 Å². The van der Waals surface area contributed by atoms with E-state index in [-0.39, 0.29) is 32.0 Å². The topological polar surface area (TPSA) is 147 Å². The molecule has 11 nitrogen and oxygen atoms in total. The number of rotatable bonds is 42. The third kappa shape index (κ3) is 28.4. The number of ether oxygens (including phenoxy) is 2. The van der Waals surface area contributed by atoms with Gasteiger partial charge in [-0.2, -0.15) is 0 Å². The number of furan rings is 2. The van der Waals surface area contributed by atoms with Crippen molar-refractivity contribution in [2.75, 3.05) is 33.4 Å². The summed E-state index contributed by atoms with van der Waals surface area (Å²) in [5, 5.41) is 2.83. The van der Waals surface area contributed by atoms with Crippen LogP contribution in [0.15, 0.2) is 21.0 Å². The van der Waals surface area contributed by atoms with Gasteiger partial charge in [-0.05, 0) is 82.7 Å². The molecule has 0 amide bonds. The van der Waals surface area contributed by atoms with Gasteiger partial charge >= 0.3 is 19.8 Å². The number of phosphoric ester groups is 1. The molecule has 62 heavy (non-hydrogen) atoms. The van der Waals surface area contributed by atoms with E-state index >= 15 is 0 Å². The van der Waals surface area contributed by atoms with Gasteiger partial charge < -0.3 is 28.5 Å². The van der Waals surface area contributed by atoms with E-state index in [1.54, 1.807) is 7.05 Å². The minimum atomic E-state index is -4.37. The Morgan fingerprint density at radius 1 is 0.597 bits per heavy atom. The summed E-state index contributed by atoms with van der Waals surface area (Å²) >= 11 is 0. The molecule has 2 heterocycles. The van der Waals surface area contributed by atoms with E-state index in [4.69, 9.17) is 27.4 Å². The summed E-state index contributed by atoms with van der Waals surface area (Å²) in [7, 11) is -2.67. The first-order valence-electron chi connectivity index (χ1n) is 24.8. The second kappa shape index (κ2) is 35.9. The third-order valence-electron chi connectivity index (χ3n) is 11.5. The van der Waals surface area contributed by atoms with E-state index in [1.165, 1.54) is 113 Å². The standard InChI is InChI=1S/C50H88NO10P/c1-6-8-24-30-44-38-42(3)47(59-44)32-26-20-16-12-10-11-13-19-23-29-35-50(53)61-46(41-58-62(54,55)57-37-36-51-5)40-56-49(52)34-28-22-18-15-14-17-21-27-33-48-43(4)39-45(60-48)31-25-9-7-2/h38-39,46,51H,6-37,40-41H2,1-5H3,(H,54,55)/t46-/m1/s1. The summed E-state index contributed by atoms with van der Waals surface area (Å²) in [5.74, 6) is 3.76. The molecule has 0 bridgehead atoms. The van der Waals surface area contributed by atoms with Gasteiger partial charge in [-0.3, -0.25) is 18.6 Å². The molecular formula is C50H88NO10P. The number of carbonyl (C=O) groups excluding carboxylic acids is 2. The molecule has 0 saturated heterocycles. The smallest absolute Gasteiger partial charge is 0.466 e. The van der Waals surface area contributed by atoms with Gasteiger partial charge in [0.2, 0.25) is 0 Å². The second-order valence-corrected chi connectivity index (χ2v) is 18.9. The number of hydrogen-bond acceptors (Lipinski definition) is 10. The highest BCUT2D eigenvalue weighted by Crippen LogP contribution is 2.43. The number of aryl methyl sites for hydroxylation is 6. The van der Waals surface area contributed by atoms with Gasteiger partial charge in [-0.15, -0.1) is 0 Å². The molecule has 0 aromatic carbocycles. The number of likely N-dealkylation sites (N-methyl/N-ethyl adjacent to an activating group) is 1. The Balaban J connectivity index is 1.55. The summed E-state index contributed by atoms with van der Waals surface area (Å²) in [4.78, 5) is 35.4. The van der Waals surface area contributed by atoms with E-state index in [1.807, 2.05) is 0 Å². The van der Waals surface area contributed by atoms with Gasteiger partial charge in [0.05, 0.1) is 13.2 Å². The number of phosphoric acid groups is 1. The van der Waals surface area contributed by atoms with Crippen molar-refractivity contribution in [3.8, 4) is 0 Å². The lowest BCUT2D eigenvalue weighted by Crippen LogP contribution is -2.29. The maximum atomic E-state index is 12.7. The molecule has 0 saturated carbocycles. The molecule has 12 heteroatoms. The summed E-state index contributed by atoms with van der Waals surface area (Å²) in [5.41, 5.74) is 2.58. The van der Waals surface area contributed by atoms with Gasteiger partial charge in [0.1, 0.15) is 29.6 Å². The minimum Gasteiger partial charge on any atom is -0.466 e. The molecule has 2 atom stereocenters. The van der Waals surface area contributed by atoms with Gasteiger partial charge in [0.15, 0.2) is 6.10 Å². The Bertz CT molecular complexity index is 1470. The fourth-order valence-electron chi connectivity index (χ4n) is 7.70. The first kappa shape index (κ1) is 55.7. The zero-order chi connectivity index (χ0) is 45.1. The van der Waals surface area contributed by atoms with Crippen LogP contribution in [-0.4, -0.2) is 56.3 Å². The first-order chi connectivity index (χ1) is 30.1. The quantitative estimate of drug-likeness (QED) is 0.0373. The Morgan fingerprint density at radius 3 is 1.47 bits per heavy atom. The van der Waals surface area contributed by atoms with Crippen LogP contribution in [0.3, 0.4) is 0 Å². The highest BCUT2D eigenvalue weighted by molar-refractivity contribution is 7.47. The zero-order valence-electron chi connectivity index (χ0n) is 39.8. The average molecular weight is 894 g/mol. The predicted molar refractivity (Wildman–Crippen MR) is 250 cm³/mol. The number of carbonyl (C=O) groups is 2. The van der Waals surface area contributed by atoms with Crippen molar-refractivity contribution in [1.82, 2.24) is 5.32 Å². The molecule has 1 unspecified atom stereocenters.